The van der Waals surface area contributed by atoms with E-state index in [1.807, 2.05) is 0 Å². The predicted molar refractivity (Wildman–Crippen MR) is 60.8 cm³/mol. The molecule has 0 atom stereocenters. The summed E-state index contributed by atoms with van der Waals surface area (Å²) in [4.78, 5) is 22.1. The molecule has 0 rings (SSSR count). The van der Waals surface area contributed by atoms with Gasteiger partial charge in [-0.3, -0.25) is 0 Å². The van der Waals surface area contributed by atoms with E-state index in [-0.39, 0.29) is 24.6 Å². The number of oxime groups is 2. The Labute approximate surface area is 103 Å². The standard InChI is InChI=1S/C10H14N2O6/c1-7(11-15)5-17-9(13)3-4-10(14)18-6-8(2)12-16/h3-4,15-16H,5-6H2,1-2H3/b4-3+,11-7+,12-8+. The van der Waals surface area contributed by atoms with Gasteiger partial charge in [-0.05, 0) is 13.8 Å². The summed E-state index contributed by atoms with van der Waals surface area (Å²) in [5.41, 5.74) is 0.434. The highest BCUT2D eigenvalue weighted by Gasteiger charge is 2.03. The van der Waals surface area contributed by atoms with Crippen molar-refractivity contribution in [2.75, 3.05) is 13.2 Å². The van der Waals surface area contributed by atoms with Crippen LogP contribution in [-0.2, 0) is 19.1 Å². The first kappa shape index (κ1) is 15.6. The lowest BCUT2D eigenvalue weighted by molar-refractivity contribution is -0.138. The van der Waals surface area contributed by atoms with Gasteiger partial charge in [-0.1, -0.05) is 10.3 Å². The monoisotopic (exact) mass is 258 g/mol. The van der Waals surface area contributed by atoms with Crippen molar-refractivity contribution >= 4 is 23.4 Å². The Balaban J connectivity index is 3.99. The maximum atomic E-state index is 11.0. The van der Waals surface area contributed by atoms with Gasteiger partial charge >= 0.3 is 11.9 Å². The summed E-state index contributed by atoms with van der Waals surface area (Å²) in [6.45, 7) is 2.57. The van der Waals surface area contributed by atoms with Crippen LogP contribution in [0.15, 0.2) is 22.5 Å². The maximum Gasteiger partial charge on any atom is 0.331 e. The topological polar surface area (TPSA) is 118 Å². The van der Waals surface area contributed by atoms with Crippen molar-refractivity contribution < 1.29 is 29.5 Å². The largest absolute Gasteiger partial charge is 0.456 e. The molecule has 0 radical (unpaired) electrons. The molecule has 0 fully saturated rings. The molecule has 0 aliphatic heterocycles. The molecular formula is C10H14N2O6. The smallest absolute Gasteiger partial charge is 0.331 e. The Morgan fingerprint density at radius 1 is 0.944 bits per heavy atom. The molecule has 8 heteroatoms. The molecular weight excluding hydrogens is 244 g/mol. The van der Waals surface area contributed by atoms with Crippen LogP contribution in [0.1, 0.15) is 13.8 Å². The fourth-order valence-corrected chi connectivity index (χ4v) is 0.641. The number of rotatable bonds is 6. The van der Waals surface area contributed by atoms with E-state index in [4.69, 9.17) is 10.4 Å². The molecule has 0 aromatic heterocycles. The third-order valence-electron chi connectivity index (χ3n) is 1.54. The molecule has 0 aliphatic carbocycles. The van der Waals surface area contributed by atoms with E-state index in [0.29, 0.717) is 0 Å². The van der Waals surface area contributed by atoms with E-state index in [2.05, 4.69) is 19.8 Å². The average molecular weight is 258 g/mol. The van der Waals surface area contributed by atoms with Gasteiger partial charge in [0.05, 0.1) is 11.4 Å². The van der Waals surface area contributed by atoms with E-state index in [9.17, 15) is 9.59 Å². The van der Waals surface area contributed by atoms with Gasteiger partial charge in [-0.2, -0.15) is 0 Å². The molecule has 0 aromatic carbocycles. The Morgan fingerprint density at radius 2 is 1.28 bits per heavy atom. The van der Waals surface area contributed by atoms with Crippen LogP contribution in [0.4, 0.5) is 0 Å². The Kier molecular flexibility index (Phi) is 7.58. The second-order valence-corrected chi connectivity index (χ2v) is 3.22. The molecule has 0 saturated heterocycles. The van der Waals surface area contributed by atoms with Crippen molar-refractivity contribution in [1.29, 1.82) is 0 Å². The lowest BCUT2D eigenvalue weighted by Gasteiger charge is -2.00. The molecule has 2 N–H and O–H groups in total. The molecule has 0 saturated carbocycles. The average Bonchev–Trinajstić information content (AvgIpc) is 2.39. The zero-order valence-electron chi connectivity index (χ0n) is 9.99. The zero-order chi connectivity index (χ0) is 14.0. The number of nitrogens with zero attached hydrogens (tertiary/aromatic N) is 2. The van der Waals surface area contributed by atoms with Crippen molar-refractivity contribution in [3.8, 4) is 0 Å². The summed E-state index contributed by atoms with van der Waals surface area (Å²) < 4.78 is 9.21. The van der Waals surface area contributed by atoms with Crippen molar-refractivity contribution in [2.45, 2.75) is 13.8 Å². The van der Waals surface area contributed by atoms with Crippen molar-refractivity contribution in [1.82, 2.24) is 0 Å². The van der Waals surface area contributed by atoms with Crippen molar-refractivity contribution in [3.63, 3.8) is 0 Å². The van der Waals surface area contributed by atoms with Gasteiger partial charge < -0.3 is 19.9 Å². The molecule has 0 heterocycles. The fourth-order valence-electron chi connectivity index (χ4n) is 0.641. The first-order valence-electron chi connectivity index (χ1n) is 4.86. The van der Waals surface area contributed by atoms with Gasteiger partial charge in [-0.25, -0.2) is 9.59 Å². The molecule has 0 spiro atoms. The molecule has 0 bridgehead atoms. The van der Waals surface area contributed by atoms with Crippen molar-refractivity contribution in [3.05, 3.63) is 12.2 Å². The molecule has 0 amide bonds. The highest BCUT2D eigenvalue weighted by molar-refractivity contribution is 5.94. The summed E-state index contributed by atoms with van der Waals surface area (Å²) in [6.07, 6.45) is 1.75. The van der Waals surface area contributed by atoms with E-state index in [1.54, 1.807) is 0 Å². The summed E-state index contributed by atoms with van der Waals surface area (Å²) in [5, 5.41) is 22.2. The van der Waals surface area contributed by atoms with Gasteiger partial charge in [0.2, 0.25) is 0 Å². The molecule has 0 aliphatic rings. The summed E-state index contributed by atoms with van der Waals surface area (Å²) in [7, 11) is 0. The van der Waals surface area contributed by atoms with E-state index >= 15 is 0 Å². The number of hydrogen-bond donors (Lipinski definition) is 2. The number of esters is 2. The molecule has 0 aromatic rings. The van der Waals surface area contributed by atoms with Crippen LogP contribution in [0.3, 0.4) is 0 Å². The van der Waals surface area contributed by atoms with Crippen LogP contribution in [0.2, 0.25) is 0 Å². The van der Waals surface area contributed by atoms with Gasteiger partial charge in [0.15, 0.2) is 0 Å². The number of carbonyl (C=O) groups excluding carboxylic acids is 2. The Morgan fingerprint density at radius 3 is 1.56 bits per heavy atom. The van der Waals surface area contributed by atoms with Crippen LogP contribution in [0, 0.1) is 0 Å². The van der Waals surface area contributed by atoms with Crippen molar-refractivity contribution in [2.24, 2.45) is 10.3 Å². The summed E-state index contributed by atoms with van der Waals surface area (Å²) in [6, 6.07) is 0. The molecule has 100 valence electrons. The lowest BCUT2D eigenvalue weighted by Crippen LogP contribution is -2.12. The van der Waals surface area contributed by atoms with E-state index in [0.717, 1.165) is 12.2 Å². The third kappa shape index (κ3) is 7.85. The predicted octanol–water partition coefficient (Wildman–Crippen LogP) is 0.329. The van der Waals surface area contributed by atoms with Gasteiger partial charge in [0, 0.05) is 12.2 Å². The summed E-state index contributed by atoms with van der Waals surface area (Å²) in [5.74, 6) is -1.55. The second kappa shape index (κ2) is 8.74. The molecule has 18 heavy (non-hydrogen) atoms. The van der Waals surface area contributed by atoms with Crippen LogP contribution < -0.4 is 0 Å². The second-order valence-electron chi connectivity index (χ2n) is 3.22. The van der Waals surface area contributed by atoms with Crippen LogP contribution >= 0.6 is 0 Å². The van der Waals surface area contributed by atoms with Crippen LogP contribution in [0.5, 0.6) is 0 Å². The highest BCUT2D eigenvalue weighted by Crippen LogP contribution is 1.88. The lowest BCUT2D eigenvalue weighted by atomic mass is 10.4. The van der Waals surface area contributed by atoms with E-state index in [1.165, 1.54) is 13.8 Å². The first-order chi connectivity index (χ1) is 8.49. The minimum Gasteiger partial charge on any atom is -0.456 e. The van der Waals surface area contributed by atoms with E-state index < -0.39 is 11.9 Å². The minimum atomic E-state index is -0.775. The van der Waals surface area contributed by atoms with Gasteiger partial charge in [-0.15, -0.1) is 0 Å². The normalized spacial score (nSPS) is 12.6. The number of carbonyl (C=O) groups is 2. The van der Waals surface area contributed by atoms with Gasteiger partial charge in [0.1, 0.15) is 13.2 Å². The number of hydrogen-bond acceptors (Lipinski definition) is 8. The first-order valence-corrected chi connectivity index (χ1v) is 4.86. The summed E-state index contributed by atoms with van der Waals surface area (Å²) >= 11 is 0. The molecule has 8 nitrogen and oxygen atoms in total. The Bertz CT molecular complexity index is 350. The fraction of sp³-hybridized carbons (Fsp3) is 0.400. The quantitative estimate of drug-likeness (QED) is 0.233. The number of ether oxygens (including phenoxy) is 2. The van der Waals surface area contributed by atoms with Crippen LogP contribution in [0.25, 0.3) is 0 Å². The van der Waals surface area contributed by atoms with Crippen LogP contribution in [-0.4, -0.2) is 47.0 Å². The SMILES string of the molecule is C/C(COC(=O)/C=C/C(=O)OC/C(C)=N/O)=N\O. The highest BCUT2D eigenvalue weighted by atomic mass is 16.5. The van der Waals surface area contributed by atoms with Gasteiger partial charge in [0.25, 0.3) is 0 Å². The minimum absolute atomic E-state index is 0.176. The molecule has 0 unspecified atom stereocenters. The third-order valence-corrected chi connectivity index (χ3v) is 1.54. The zero-order valence-corrected chi connectivity index (χ0v) is 9.99. The Hall–Kier alpha value is -2.38. The maximum absolute atomic E-state index is 11.0.